The van der Waals surface area contributed by atoms with Crippen LogP contribution in [0.2, 0.25) is 4.34 Å². The molecular weight excluding hydrogens is 235 g/mol. The third-order valence-corrected chi connectivity index (χ3v) is 3.14. The van der Waals surface area contributed by atoms with E-state index >= 15 is 0 Å². The molecule has 0 saturated heterocycles. The first-order valence-electron chi connectivity index (χ1n) is 2.20. The average Bonchev–Trinajstić information content (AvgIpc) is 2.11. The summed E-state index contributed by atoms with van der Waals surface area (Å²) in [6.45, 7) is 0. The molecule has 0 spiro atoms. The van der Waals surface area contributed by atoms with Gasteiger partial charge in [-0.1, -0.05) is 11.6 Å². The minimum absolute atomic E-state index is 0. The monoisotopic (exact) mass is 236 g/mol. The van der Waals surface area contributed by atoms with E-state index in [9.17, 15) is 13.0 Å². The molecule has 0 bridgehead atoms. The van der Waals surface area contributed by atoms with Crippen LogP contribution in [0.4, 0.5) is 0 Å². The normalized spacial score (nSPS) is 10.7. The predicted molar refractivity (Wildman–Crippen MR) is 37.3 cm³/mol. The molecule has 0 amide bonds. The van der Waals surface area contributed by atoms with Gasteiger partial charge in [-0.05, 0) is 11.4 Å². The predicted octanol–water partition coefficient (Wildman–Crippen LogP) is -1.69. The summed E-state index contributed by atoms with van der Waals surface area (Å²) in [4.78, 5) is -0.334. The van der Waals surface area contributed by atoms with Gasteiger partial charge in [-0.2, -0.15) is 0 Å². The first kappa shape index (κ1) is 12.5. The van der Waals surface area contributed by atoms with Crippen LogP contribution in [0.15, 0.2) is 16.3 Å². The van der Waals surface area contributed by atoms with Crippen LogP contribution >= 0.6 is 22.9 Å². The molecule has 0 unspecified atom stereocenters. The van der Waals surface area contributed by atoms with Gasteiger partial charge in [0.05, 0.1) is 4.90 Å². The number of hydrogen-bond donors (Lipinski definition) is 0. The number of hydrogen-bond acceptors (Lipinski definition) is 4. The van der Waals surface area contributed by atoms with Crippen molar-refractivity contribution in [1.82, 2.24) is 0 Å². The Balaban J connectivity index is 0.000001000. The van der Waals surface area contributed by atoms with Crippen LogP contribution in [0.5, 0.6) is 0 Å². The van der Waals surface area contributed by atoms with Crippen molar-refractivity contribution >= 4 is 33.1 Å². The molecule has 56 valence electrons. The minimum Gasteiger partial charge on any atom is -0.744 e. The van der Waals surface area contributed by atoms with E-state index in [1.807, 2.05) is 0 Å². The quantitative estimate of drug-likeness (QED) is 0.432. The van der Waals surface area contributed by atoms with Gasteiger partial charge in [-0.25, -0.2) is 8.42 Å². The molecule has 1 rings (SSSR count). The van der Waals surface area contributed by atoms with Crippen LogP contribution in [0, 0.1) is 0 Å². The third-order valence-electron chi connectivity index (χ3n) is 0.854. The maximum absolute atomic E-state index is 10.3. The molecular formula is C4H2ClKO3S2. The Morgan fingerprint density at radius 2 is 2.09 bits per heavy atom. The van der Waals surface area contributed by atoms with Gasteiger partial charge in [0.25, 0.3) is 0 Å². The van der Waals surface area contributed by atoms with Crippen molar-refractivity contribution in [1.29, 1.82) is 0 Å². The third kappa shape index (κ3) is 3.41. The fraction of sp³-hybridized carbons (Fsp3) is 0. The van der Waals surface area contributed by atoms with Crippen LogP contribution in [0.25, 0.3) is 0 Å². The Morgan fingerprint density at radius 3 is 2.27 bits per heavy atom. The molecule has 11 heavy (non-hydrogen) atoms. The van der Waals surface area contributed by atoms with E-state index in [-0.39, 0.29) is 60.6 Å². The summed E-state index contributed by atoms with van der Waals surface area (Å²) in [5.74, 6) is 0. The van der Waals surface area contributed by atoms with Gasteiger partial charge >= 0.3 is 51.4 Å². The van der Waals surface area contributed by atoms with Crippen molar-refractivity contribution in [3.8, 4) is 0 Å². The summed E-state index contributed by atoms with van der Waals surface area (Å²) in [7, 11) is -4.36. The maximum Gasteiger partial charge on any atom is 1.00 e. The van der Waals surface area contributed by atoms with Crippen molar-refractivity contribution < 1.29 is 64.4 Å². The average molecular weight is 237 g/mol. The number of thiophene rings is 1. The molecule has 1 aromatic heterocycles. The van der Waals surface area contributed by atoms with Crippen molar-refractivity contribution in [3.63, 3.8) is 0 Å². The molecule has 3 nitrogen and oxygen atoms in total. The first-order chi connectivity index (χ1) is 4.52. The van der Waals surface area contributed by atoms with Crippen LogP contribution in [-0.2, 0) is 10.1 Å². The molecule has 0 fully saturated rings. The van der Waals surface area contributed by atoms with Gasteiger partial charge in [0, 0.05) is 0 Å². The summed E-state index contributed by atoms with van der Waals surface area (Å²) in [6, 6.07) is 1.19. The molecule has 1 aromatic rings. The Labute approximate surface area is 116 Å². The summed E-state index contributed by atoms with van der Waals surface area (Å²) in [5, 5.41) is 1.45. The Kier molecular flexibility index (Phi) is 5.34. The molecule has 0 radical (unpaired) electrons. The zero-order valence-corrected chi connectivity index (χ0v) is 11.1. The van der Waals surface area contributed by atoms with E-state index in [0.717, 1.165) is 11.3 Å². The Hall–Kier alpha value is 1.54. The first-order valence-corrected chi connectivity index (χ1v) is 4.87. The van der Waals surface area contributed by atoms with Crippen LogP contribution in [-0.4, -0.2) is 13.0 Å². The Morgan fingerprint density at radius 1 is 1.55 bits per heavy atom. The molecule has 0 aromatic carbocycles. The van der Waals surface area contributed by atoms with Crippen molar-refractivity contribution in [2.45, 2.75) is 4.90 Å². The molecule has 7 heteroatoms. The van der Waals surface area contributed by atoms with E-state index in [1.165, 1.54) is 11.4 Å². The largest absolute Gasteiger partial charge is 1.00 e. The summed E-state index contributed by atoms with van der Waals surface area (Å²) in [5.41, 5.74) is 0. The zero-order valence-electron chi connectivity index (χ0n) is 5.57. The molecule has 0 saturated carbocycles. The van der Waals surface area contributed by atoms with Crippen LogP contribution in [0.3, 0.4) is 0 Å². The molecule has 0 aliphatic rings. The van der Waals surface area contributed by atoms with E-state index in [4.69, 9.17) is 11.6 Å². The van der Waals surface area contributed by atoms with Gasteiger partial charge < -0.3 is 4.55 Å². The molecule has 0 aliphatic heterocycles. The molecule has 0 atom stereocenters. The fourth-order valence-corrected chi connectivity index (χ4v) is 2.44. The minimum atomic E-state index is -4.36. The van der Waals surface area contributed by atoms with Gasteiger partial charge in [0.1, 0.15) is 14.5 Å². The molecule has 0 aliphatic carbocycles. The second-order valence-corrected chi connectivity index (χ2v) is 4.38. The van der Waals surface area contributed by atoms with Gasteiger partial charge in [-0.15, -0.1) is 11.3 Å². The van der Waals surface area contributed by atoms with Crippen molar-refractivity contribution in [2.75, 3.05) is 0 Å². The van der Waals surface area contributed by atoms with E-state index in [0.29, 0.717) is 0 Å². The number of rotatable bonds is 1. The van der Waals surface area contributed by atoms with E-state index in [1.54, 1.807) is 0 Å². The molecule has 1 heterocycles. The Bertz CT molecular complexity index is 331. The maximum atomic E-state index is 10.3. The van der Waals surface area contributed by atoms with Gasteiger partial charge in [0.2, 0.25) is 0 Å². The zero-order chi connectivity index (χ0) is 7.78. The van der Waals surface area contributed by atoms with Gasteiger partial charge in [-0.3, -0.25) is 0 Å². The summed E-state index contributed by atoms with van der Waals surface area (Å²) >= 11 is 6.38. The molecule has 0 N–H and O–H groups in total. The van der Waals surface area contributed by atoms with Crippen LogP contribution < -0.4 is 51.4 Å². The van der Waals surface area contributed by atoms with E-state index in [2.05, 4.69) is 0 Å². The topological polar surface area (TPSA) is 57.2 Å². The van der Waals surface area contributed by atoms with Gasteiger partial charge in [0.15, 0.2) is 0 Å². The second kappa shape index (κ2) is 4.68. The smallest absolute Gasteiger partial charge is 0.744 e. The van der Waals surface area contributed by atoms with Crippen molar-refractivity contribution in [2.24, 2.45) is 0 Å². The van der Waals surface area contributed by atoms with E-state index < -0.39 is 10.1 Å². The second-order valence-electron chi connectivity index (χ2n) is 1.51. The SMILES string of the molecule is O=S(=O)([O-])c1ccsc1Cl.[K+]. The standard InChI is InChI=1S/C4H3ClO3S2.K/c5-4-3(1-2-9-4)10(6,7)8;/h1-2H,(H,6,7,8);/q;+1/p-1. The van der Waals surface area contributed by atoms with Crippen LogP contribution in [0.1, 0.15) is 0 Å². The fourth-order valence-electron chi connectivity index (χ4n) is 0.461. The van der Waals surface area contributed by atoms with Crippen molar-refractivity contribution in [3.05, 3.63) is 15.8 Å². The number of halogens is 1. The summed E-state index contributed by atoms with van der Waals surface area (Å²) in [6.07, 6.45) is 0. The summed E-state index contributed by atoms with van der Waals surface area (Å²) < 4.78 is 30.9.